The summed E-state index contributed by atoms with van der Waals surface area (Å²) in [6, 6.07) is 10.2. The van der Waals surface area contributed by atoms with Crippen LogP contribution in [0.4, 0.5) is 0 Å². The molecule has 0 spiro atoms. The molecule has 3 rings (SSSR count). The molecule has 0 bridgehead atoms. The van der Waals surface area contributed by atoms with Gasteiger partial charge in [0, 0.05) is 30.4 Å². The van der Waals surface area contributed by atoms with Crippen molar-refractivity contribution >= 4 is 22.9 Å². The first-order valence-electron chi connectivity index (χ1n) is 7.91. The van der Waals surface area contributed by atoms with Gasteiger partial charge >= 0.3 is 0 Å². The summed E-state index contributed by atoms with van der Waals surface area (Å²) in [5.74, 6) is -0.626. The molecule has 8 nitrogen and oxygen atoms in total. The number of amides is 1. The van der Waals surface area contributed by atoms with Gasteiger partial charge in [-0.05, 0) is 30.0 Å². The van der Waals surface area contributed by atoms with Crippen molar-refractivity contribution in [3.8, 4) is 0 Å². The first kappa shape index (κ1) is 16.9. The molecule has 2 heterocycles. The highest BCUT2D eigenvalue weighted by molar-refractivity contribution is 5.90. The number of rotatable bonds is 7. The Balaban J connectivity index is 1.84. The van der Waals surface area contributed by atoms with Gasteiger partial charge in [0.05, 0.1) is 12.7 Å². The number of carbonyl (C=O) groups excluding carboxylic acids is 1. The van der Waals surface area contributed by atoms with Gasteiger partial charge in [-0.15, -0.1) is 5.10 Å². The van der Waals surface area contributed by atoms with Crippen LogP contribution in [-0.4, -0.2) is 42.4 Å². The molecule has 130 valence electrons. The molecule has 3 aromatic rings. The normalized spacial score (nSPS) is 11.4. The summed E-state index contributed by atoms with van der Waals surface area (Å²) in [7, 11) is 0. The molecule has 0 radical (unpaired) electrons. The molecule has 25 heavy (non-hydrogen) atoms. The molecular weight excluding hydrogens is 322 g/mol. The number of aromatic nitrogens is 4. The lowest BCUT2D eigenvalue weighted by atomic mass is 10.2. The number of aryl methyl sites for hydroxylation is 1. The fourth-order valence-corrected chi connectivity index (χ4v) is 2.72. The second kappa shape index (κ2) is 7.73. The van der Waals surface area contributed by atoms with Crippen molar-refractivity contribution in [2.75, 3.05) is 6.61 Å². The Morgan fingerprint density at radius 3 is 2.96 bits per heavy atom. The number of hydrogen-bond acceptors (Lipinski definition) is 5. The first-order valence-corrected chi connectivity index (χ1v) is 7.91. The Kier molecular flexibility index (Phi) is 5.22. The molecule has 0 aliphatic heterocycles. The molecule has 1 amide bonds. The maximum atomic E-state index is 11.0. The van der Waals surface area contributed by atoms with Gasteiger partial charge < -0.3 is 9.67 Å². The summed E-state index contributed by atoms with van der Waals surface area (Å²) in [5, 5.41) is 26.8. The highest BCUT2D eigenvalue weighted by Gasteiger charge is 2.10. The third kappa shape index (κ3) is 3.93. The van der Waals surface area contributed by atoms with Gasteiger partial charge in [0.25, 0.3) is 5.91 Å². The molecule has 0 atom stereocenters. The number of aliphatic hydroxyl groups excluding tert-OH is 1. The molecule has 0 unspecified atom stereocenters. The Morgan fingerprint density at radius 1 is 1.32 bits per heavy atom. The standard InChI is InChI=1S/C17H19N5O3/c23-9-3-8-22-15(10-13-4-1-2-5-16(13)22)12-21-11-14(18-20-21)6-7-17(24)19-25/h1-2,4-7,10-11,23,25H,3,8-9,12H2,(H,19,24)/b7-6+. The van der Waals surface area contributed by atoms with Gasteiger partial charge in [0.2, 0.25) is 0 Å². The molecule has 0 aliphatic rings. The van der Waals surface area contributed by atoms with E-state index in [1.807, 2.05) is 12.1 Å². The van der Waals surface area contributed by atoms with Crippen molar-refractivity contribution in [2.45, 2.75) is 19.5 Å². The zero-order valence-corrected chi connectivity index (χ0v) is 13.5. The van der Waals surface area contributed by atoms with Crippen molar-refractivity contribution in [1.29, 1.82) is 0 Å². The average Bonchev–Trinajstić information content (AvgIpc) is 3.22. The molecule has 0 saturated carbocycles. The molecule has 0 saturated heterocycles. The van der Waals surface area contributed by atoms with E-state index in [4.69, 9.17) is 10.3 Å². The number of hydrogen-bond donors (Lipinski definition) is 3. The number of benzene rings is 1. The SMILES string of the molecule is O=C(/C=C/c1cn(Cc2cc3ccccc3n2CCCO)nn1)NO. The second-order valence-electron chi connectivity index (χ2n) is 5.57. The van der Waals surface area contributed by atoms with E-state index in [1.165, 1.54) is 17.6 Å². The molecule has 8 heteroatoms. The lowest BCUT2D eigenvalue weighted by Gasteiger charge is -2.09. The lowest BCUT2D eigenvalue weighted by molar-refractivity contribution is -0.124. The maximum absolute atomic E-state index is 11.0. The zero-order chi connectivity index (χ0) is 17.6. The molecule has 1 aromatic carbocycles. The minimum atomic E-state index is -0.626. The summed E-state index contributed by atoms with van der Waals surface area (Å²) in [6.45, 7) is 1.38. The van der Waals surface area contributed by atoms with Crippen LogP contribution in [0.25, 0.3) is 17.0 Å². The Morgan fingerprint density at radius 2 is 2.16 bits per heavy atom. The second-order valence-corrected chi connectivity index (χ2v) is 5.57. The van der Waals surface area contributed by atoms with Crippen LogP contribution in [0.1, 0.15) is 17.8 Å². The molecular formula is C17H19N5O3. The van der Waals surface area contributed by atoms with Gasteiger partial charge in [-0.25, -0.2) is 10.2 Å². The topological polar surface area (TPSA) is 105 Å². The third-order valence-electron chi connectivity index (χ3n) is 3.83. The van der Waals surface area contributed by atoms with Crippen molar-refractivity contribution in [2.24, 2.45) is 0 Å². The number of hydroxylamine groups is 1. The molecule has 3 N–H and O–H groups in total. The van der Waals surface area contributed by atoms with Crippen LogP contribution in [0.15, 0.2) is 42.6 Å². The number of fused-ring (bicyclic) bond motifs is 1. The summed E-state index contributed by atoms with van der Waals surface area (Å²) in [6.07, 6.45) is 5.03. The van der Waals surface area contributed by atoms with Gasteiger partial charge in [-0.1, -0.05) is 23.4 Å². The average molecular weight is 341 g/mol. The predicted octanol–water partition coefficient (Wildman–Crippen LogP) is 1.18. The molecule has 0 aliphatic carbocycles. The third-order valence-corrected chi connectivity index (χ3v) is 3.83. The molecule has 2 aromatic heterocycles. The van der Waals surface area contributed by atoms with Crippen molar-refractivity contribution in [3.05, 3.63) is 54.0 Å². The quantitative estimate of drug-likeness (QED) is 0.340. The number of nitrogens with zero attached hydrogens (tertiary/aromatic N) is 4. The zero-order valence-electron chi connectivity index (χ0n) is 13.5. The van der Waals surface area contributed by atoms with E-state index in [1.54, 1.807) is 10.9 Å². The van der Waals surface area contributed by atoms with Crippen LogP contribution in [0.5, 0.6) is 0 Å². The van der Waals surface area contributed by atoms with Gasteiger partial charge in [0.1, 0.15) is 5.69 Å². The van der Waals surface area contributed by atoms with Crippen molar-refractivity contribution in [1.82, 2.24) is 25.0 Å². The highest BCUT2D eigenvalue weighted by Crippen LogP contribution is 2.21. The van der Waals surface area contributed by atoms with Crippen LogP contribution in [-0.2, 0) is 17.9 Å². The highest BCUT2D eigenvalue weighted by atomic mass is 16.5. The van der Waals surface area contributed by atoms with Gasteiger partial charge in [-0.2, -0.15) is 0 Å². The fraction of sp³-hybridized carbons (Fsp3) is 0.235. The Hall–Kier alpha value is -2.97. The van der Waals surface area contributed by atoms with E-state index < -0.39 is 5.91 Å². The van der Waals surface area contributed by atoms with E-state index in [9.17, 15) is 4.79 Å². The minimum Gasteiger partial charge on any atom is -0.396 e. The molecule has 0 fully saturated rings. The summed E-state index contributed by atoms with van der Waals surface area (Å²) < 4.78 is 3.85. The summed E-state index contributed by atoms with van der Waals surface area (Å²) in [5.41, 5.74) is 4.21. The van der Waals surface area contributed by atoms with Gasteiger partial charge in [0.15, 0.2) is 0 Å². The van der Waals surface area contributed by atoms with Crippen molar-refractivity contribution in [3.63, 3.8) is 0 Å². The number of para-hydroxylation sites is 1. The van der Waals surface area contributed by atoms with E-state index in [2.05, 4.69) is 33.1 Å². The number of carbonyl (C=O) groups is 1. The summed E-state index contributed by atoms with van der Waals surface area (Å²) >= 11 is 0. The van der Waals surface area contributed by atoms with Gasteiger partial charge in [-0.3, -0.25) is 10.0 Å². The number of aliphatic hydroxyl groups is 1. The smallest absolute Gasteiger partial charge is 0.267 e. The van der Waals surface area contributed by atoms with Crippen LogP contribution in [0.2, 0.25) is 0 Å². The van der Waals surface area contributed by atoms with Crippen LogP contribution in [0, 0.1) is 0 Å². The monoisotopic (exact) mass is 341 g/mol. The Labute approximate surface area is 144 Å². The maximum Gasteiger partial charge on any atom is 0.267 e. The number of nitrogens with one attached hydrogen (secondary N) is 1. The lowest BCUT2D eigenvalue weighted by Crippen LogP contribution is -2.14. The first-order chi connectivity index (χ1) is 12.2. The van der Waals surface area contributed by atoms with Crippen LogP contribution >= 0.6 is 0 Å². The van der Waals surface area contributed by atoms with E-state index in [0.29, 0.717) is 18.7 Å². The van der Waals surface area contributed by atoms with Crippen LogP contribution in [0.3, 0.4) is 0 Å². The minimum absolute atomic E-state index is 0.136. The van der Waals surface area contributed by atoms with E-state index in [-0.39, 0.29) is 6.61 Å². The van der Waals surface area contributed by atoms with Crippen molar-refractivity contribution < 1.29 is 15.1 Å². The van der Waals surface area contributed by atoms with Crippen LogP contribution < -0.4 is 5.48 Å². The predicted molar refractivity (Wildman–Crippen MR) is 91.7 cm³/mol. The van der Waals surface area contributed by atoms with E-state index >= 15 is 0 Å². The Bertz CT molecular complexity index is 897. The van der Waals surface area contributed by atoms with E-state index in [0.717, 1.165) is 23.1 Å². The largest absolute Gasteiger partial charge is 0.396 e. The fourth-order valence-electron chi connectivity index (χ4n) is 2.72. The summed E-state index contributed by atoms with van der Waals surface area (Å²) in [4.78, 5) is 11.0.